The molecule has 0 radical (unpaired) electrons. The lowest BCUT2D eigenvalue weighted by Crippen LogP contribution is -2.50. The Labute approximate surface area is 190 Å². The van der Waals surface area contributed by atoms with Crippen molar-refractivity contribution in [3.63, 3.8) is 0 Å². The van der Waals surface area contributed by atoms with Crippen molar-refractivity contribution in [1.29, 1.82) is 0 Å². The van der Waals surface area contributed by atoms with Gasteiger partial charge in [0, 0.05) is 11.0 Å². The van der Waals surface area contributed by atoms with E-state index >= 15 is 0 Å². The fraction of sp³-hybridized carbons (Fsp3) is 0.136. The molecule has 0 aliphatic carbocycles. The highest BCUT2D eigenvalue weighted by molar-refractivity contribution is 9.11. The standard InChI is InChI=1S/C22H17BrN4OS2/c1-13-6-8-14(9-7-13)12-29-22-25-21(28)19-15-4-2-3-5-16(15)24-20(27(19)26-22)17-10-11-18(23)30-17/h2-11,20H,12H2,1H3,(H,25,26,28)/t20-/m1/s1. The molecule has 2 aromatic carbocycles. The number of rotatable bonds is 3. The van der Waals surface area contributed by atoms with Gasteiger partial charge in [0.25, 0.3) is 5.91 Å². The fourth-order valence-corrected chi connectivity index (χ4v) is 5.64. The zero-order chi connectivity index (χ0) is 20.7. The van der Waals surface area contributed by atoms with Crippen molar-refractivity contribution in [2.24, 2.45) is 10.1 Å². The number of thiophene rings is 1. The van der Waals surface area contributed by atoms with Crippen LogP contribution in [0.2, 0.25) is 0 Å². The maximum Gasteiger partial charge on any atom is 0.276 e. The first kappa shape index (κ1) is 19.5. The van der Waals surface area contributed by atoms with Crippen LogP contribution in [0.3, 0.4) is 0 Å². The number of carbonyl (C=O) groups is 1. The van der Waals surface area contributed by atoms with Crippen molar-refractivity contribution in [3.8, 4) is 0 Å². The zero-order valence-electron chi connectivity index (χ0n) is 16.0. The summed E-state index contributed by atoms with van der Waals surface area (Å²) in [7, 11) is 0. The van der Waals surface area contributed by atoms with E-state index in [2.05, 4.69) is 52.4 Å². The number of amidine groups is 1. The van der Waals surface area contributed by atoms with E-state index in [4.69, 9.17) is 10.1 Å². The highest BCUT2D eigenvalue weighted by Gasteiger charge is 2.35. The number of para-hydroxylation sites is 1. The molecule has 1 amide bonds. The third-order valence-electron chi connectivity index (χ3n) is 4.86. The number of fused-ring (bicyclic) bond motifs is 2. The van der Waals surface area contributed by atoms with E-state index in [0.29, 0.717) is 10.9 Å². The molecule has 3 aromatic rings. The van der Waals surface area contributed by atoms with Gasteiger partial charge in [0.1, 0.15) is 5.70 Å². The van der Waals surface area contributed by atoms with Gasteiger partial charge in [-0.1, -0.05) is 59.8 Å². The molecule has 2 aliphatic rings. The number of hydrazone groups is 1. The van der Waals surface area contributed by atoms with Crippen molar-refractivity contribution in [2.45, 2.75) is 18.8 Å². The van der Waals surface area contributed by atoms with E-state index in [0.717, 1.165) is 25.0 Å². The first-order valence-electron chi connectivity index (χ1n) is 9.38. The van der Waals surface area contributed by atoms with Gasteiger partial charge in [-0.25, -0.2) is 5.01 Å². The number of nitrogens with one attached hydrogen (secondary N) is 1. The Morgan fingerprint density at radius 2 is 1.93 bits per heavy atom. The first-order chi connectivity index (χ1) is 14.6. The van der Waals surface area contributed by atoms with E-state index in [-0.39, 0.29) is 12.1 Å². The molecule has 0 unspecified atom stereocenters. The summed E-state index contributed by atoms with van der Waals surface area (Å²) in [5, 5.41) is 11.7. The van der Waals surface area contributed by atoms with Crippen LogP contribution in [0.1, 0.15) is 22.2 Å². The molecule has 0 spiro atoms. The monoisotopic (exact) mass is 496 g/mol. The molecule has 1 atom stereocenters. The molecule has 3 heterocycles. The molecule has 1 aromatic heterocycles. The summed E-state index contributed by atoms with van der Waals surface area (Å²) < 4.78 is 1.02. The average molecular weight is 497 g/mol. The topological polar surface area (TPSA) is 57.1 Å². The minimum atomic E-state index is -0.368. The van der Waals surface area contributed by atoms with Crippen LogP contribution < -0.4 is 15.9 Å². The van der Waals surface area contributed by atoms with Crippen LogP contribution in [0.15, 0.2) is 74.5 Å². The molecule has 1 N–H and O–H groups in total. The van der Waals surface area contributed by atoms with Crippen LogP contribution >= 0.6 is 39.0 Å². The molecular weight excluding hydrogens is 480 g/mol. The number of halogens is 1. The molecule has 30 heavy (non-hydrogen) atoms. The molecule has 5 nitrogen and oxygen atoms in total. The van der Waals surface area contributed by atoms with E-state index < -0.39 is 0 Å². The van der Waals surface area contributed by atoms with Gasteiger partial charge in [-0.15, -0.1) is 16.4 Å². The van der Waals surface area contributed by atoms with Gasteiger partial charge >= 0.3 is 0 Å². The predicted molar refractivity (Wildman–Crippen MR) is 125 cm³/mol. The van der Waals surface area contributed by atoms with Crippen LogP contribution in [0.5, 0.6) is 0 Å². The SMILES string of the molecule is Cc1ccc(CSC2=NN3C(=c4ccccc4=N[C@H]3c3ccc(Br)s3)C(=O)N2)cc1. The van der Waals surface area contributed by atoms with E-state index in [1.54, 1.807) is 16.3 Å². The maximum atomic E-state index is 13.1. The van der Waals surface area contributed by atoms with Gasteiger partial charge in [-0.05, 0) is 46.6 Å². The van der Waals surface area contributed by atoms with Crippen molar-refractivity contribution >= 4 is 55.8 Å². The number of hydrogen-bond acceptors (Lipinski definition) is 6. The highest BCUT2D eigenvalue weighted by atomic mass is 79.9. The Balaban J connectivity index is 1.54. The highest BCUT2D eigenvalue weighted by Crippen LogP contribution is 2.36. The average Bonchev–Trinajstić information content (AvgIpc) is 3.18. The second-order valence-corrected chi connectivity index (χ2v) is 10.4. The Kier molecular flexibility index (Phi) is 5.22. The lowest BCUT2D eigenvalue weighted by atomic mass is 10.1. The first-order valence-corrected chi connectivity index (χ1v) is 12.0. The van der Waals surface area contributed by atoms with Crippen LogP contribution in [-0.2, 0) is 10.5 Å². The molecule has 150 valence electrons. The summed E-state index contributed by atoms with van der Waals surface area (Å²) in [5.74, 6) is 0.574. The maximum absolute atomic E-state index is 13.1. The molecule has 2 aliphatic heterocycles. The number of hydrogen-bond donors (Lipinski definition) is 1. The largest absolute Gasteiger partial charge is 0.298 e. The smallest absolute Gasteiger partial charge is 0.276 e. The lowest BCUT2D eigenvalue weighted by molar-refractivity contribution is -0.116. The Bertz CT molecular complexity index is 1280. The van der Waals surface area contributed by atoms with Gasteiger partial charge < -0.3 is 0 Å². The number of aryl methyl sites for hydroxylation is 1. The van der Waals surface area contributed by atoms with Gasteiger partial charge in [-0.2, -0.15) is 0 Å². The summed E-state index contributed by atoms with van der Waals surface area (Å²) in [6, 6.07) is 20.1. The molecular formula is C22H17BrN4OS2. The Morgan fingerprint density at radius 1 is 1.13 bits per heavy atom. The van der Waals surface area contributed by atoms with Crippen LogP contribution in [0, 0.1) is 6.92 Å². The number of carbonyl (C=O) groups excluding carboxylic acids is 1. The molecule has 0 fully saturated rings. The fourth-order valence-electron chi connectivity index (χ4n) is 3.38. The molecule has 0 saturated heterocycles. The number of nitrogens with zero attached hydrogens (tertiary/aromatic N) is 3. The quantitative estimate of drug-likeness (QED) is 0.598. The summed E-state index contributed by atoms with van der Waals surface area (Å²) >= 11 is 6.64. The van der Waals surface area contributed by atoms with Crippen LogP contribution in [-0.4, -0.2) is 16.1 Å². The molecule has 0 bridgehead atoms. The van der Waals surface area contributed by atoms with Crippen molar-refractivity contribution in [2.75, 3.05) is 0 Å². The van der Waals surface area contributed by atoms with E-state index in [1.807, 2.05) is 36.4 Å². The summed E-state index contributed by atoms with van der Waals surface area (Å²) in [5.41, 5.74) is 2.95. The van der Waals surface area contributed by atoms with E-state index in [1.165, 1.54) is 22.9 Å². The lowest BCUT2D eigenvalue weighted by Gasteiger charge is -2.33. The normalized spacial score (nSPS) is 17.6. The van der Waals surface area contributed by atoms with Crippen LogP contribution in [0.4, 0.5) is 0 Å². The van der Waals surface area contributed by atoms with E-state index in [9.17, 15) is 4.79 Å². The van der Waals surface area contributed by atoms with Gasteiger partial charge in [0.15, 0.2) is 11.3 Å². The zero-order valence-corrected chi connectivity index (χ0v) is 19.2. The summed E-state index contributed by atoms with van der Waals surface area (Å²) in [4.78, 5) is 19.0. The third-order valence-corrected chi connectivity index (χ3v) is 7.46. The minimum Gasteiger partial charge on any atom is -0.298 e. The van der Waals surface area contributed by atoms with Crippen molar-refractivity contribution < 1.29 is 4.79 Å². The minimum absolute atomic E-state index is 0.153. The molecule has 0 saturated carbocycles. The molecule has 8 heteroatoms. The number of thioether (sulfide) groups is 1. The van der Waals surface area contributed by atoms with Gasteiger partial charge in [0.05, 0.1) is 14.0 Å². The van der Waals surface area contributed by atoms with Crippen LogP contribution in [0.25, 0.3) is 5.70 Å². The second kappa shape index (κ2) is 8.02. The van der Waals surface area contributed by atoms with Gasteiger partial charge in [0.2, 0.25) is 0 Å². The van der Waals surface area contributed by atoms with Gasteiger partial charge in [-0.3, -0.25) is 15.1 Å². The second-order valence-electron chi connectivity index (χ2n) is 6.99. The molecule has 5 rings (SSSR count). The number of amides is 1. The summed E-state index contributed by atoms with van der Waals surface area (Å²) in [6.45, 7) is 2.07. The predicted octanol–water partition coefficient (Wildman–Crippen LogP) is 3.90. The number of benzene rings is 2. The third kappa shape index (κ3) is 3.71. The summed E-state index contributed by atoms with van der Waals surface area (Å²) in [6.07, 6.45) is -0.368. The Hall–Kier alpha value is -2.42. The Morgan fingerprint density at radius 3 is 2.70 bits per heavy atom. The van der Waals surface area contributed by atoms with Crippen molar-refractivity contribution in [3.05, 3.63) is 91.0 Å². The van der Waals surface area contributed by atoms with Crippen molar-refractivity contribution in [1.82, 2.24) is 10.3 Å².